The molecule has 1 heteroatoms. The Morgan fingerprint density at radius 2 is 1.37 bits per heavy atom. The molecule has 1 nitrogen and oxygen atoms in total. The Labute approximate surface area is 164 Å². The van der Waals surface area contributed by atoms with Gasteiger partial charge < -0.3 is 4.74 Å². The van der Waals surface area contributed by atoms with Crippen LogP contribution in [-0.2, 0) is 12.8 Å². The van der Waals surface area contributed by atoms with Crippen molar-refractivity contribution in [1.29, 1.82) is 0 Å². The predicted octanol–water partition coefficient (Wildman–Crippen LogP) is 7.32. The van der Waals surface area contributed by atoms with Crippen LogP contribution in [-0.4, -0.2) is 7.11 Å². The van der Waals surface area contributed by atoms with E-state index in [-0.39, 0.29) is 0 Å². The second-order valence-electron chi connectivity index (χ2n) is 7.11. The Bertz CT molecular complexity index is 844. The molecular weight excluding hydrogens is 328 g/mol. The van der Waals surface area contributed by atoms with Gasteiger partial charge in [-0.05, 0) is 64.8 Å². The fraction of sp³-hybridized carbons (Fsp3) is 0.308. The smallest absolute Gasteiger partial charge is 0.118 e. The standard InChI is InChI=1S/C26H30O/c1-4-6-7-8-20-9-11-23(12-10-20)26-18-15-24(19-21(26)5-2)22-13-16-25(27-3)17-14-22/h9-19H,4-8H2,1-3H3. The van der Waals surface area contributed by atoms with E-state index in [0.717, 1.165) is 12.2 Å². The normalized spacial score (nSPS) is 10.8. The van der Waals surface area contributed by atoms with Gasteiger partial charge in [-0.3, -0.25) is 0 Å². The van der Waals surface area contributed by atoms with Crippen LogP contribution in [0.25, 0.3) is 22.3 Å². The van der Waals surface area contributed by atoms with E-state index in [1.54, 1.807) is 7.11 Å². The molecule has 3 aromatic rings. The molecule has 0 bridgehead atoms. The molecule has 140 valence electrons. The monoisotopic (exact) mass is 358 g/mol. The van der Waals surface area contributed by atoms with Crippen LogP contribution in [0.15, 0.2) is 66.7 Å². The molecule has 0 radical (unpaired) electrons. The molecule has 0 fully saturated rings. The molecule has 0 aliphatic heterocycles. The van der Waals surface area contributed by atoms with Crippen LogP contribution in [0.1, 0.15) is 44.2 Å². The third kappa shape index (κ3) is 4.80. The number of hydrogen-bond donors (Lipinski definition) is 0. The molecule has 0 aromatic heterocycles. The van der Waals surface area contributed by atoms with Gasteiger partial charge in [0.15, 0.2) is 0 Å². The van der Waals surface area contributed by atoms with Crippen molar-refractivity contribution in [2.45, 2.75) is 46.0 Å². The van der Waals surface area contributed by atoms with E-state index in [1.807, 2.05) is 12.1 Å². The van der Waals surface area contributed by atoms with Crippen molar-refractivity contribution < 1.29 is 4.74 Å². The average molecular weight is 359 g/mol. The largest absolute Gasteiger partial charge is 0.497 e. The van der Waals surface area contributed by atoms with E-state index in [4.69, 9.17) is 4.74 Å². The summed E-state index contributed by atoms with van der Waals surface area (Å²) in [6, 6.07) is 24.3. The summed E-state index contributed by atoms with van der Waals surface area (Å²) in [5.41, 5.74) is 7.97. The van der Waals surface area contributed by atoms with Crippen molar-refractivity contribution in [1.82, 2.24) is 0 Å². The van der Waals surface area contributed by atoms with Gasteiger partial charge in [0.1, 0.15) is 5.75 Å². The van der Waals surface area contributed by atoms with Crippen LogP contribution in [0, 0.1) is 0 Å². The number of rotatable bonds is 8. The predicted molar refractivity (Wildman–Crippen MR) is 116 cm³/mol. The molecule has 0 N–H and O–H groups in total. The van der Waals surface area contributed by atoms with Gasteiger partial charge >= 0.3 is 0 Å². The SMILES string of the molecule is CCCCCc1ccc(-c2ccc(-c3ccc(OC)cc3)cc2CC)cc1. The summed E-state index contributed by atoms with van der Waals surface area (Å²) < 4.78 is 5.27. The third-order valence-corrected chi connectivity index (χ3v) is 5.24. The van der Waals surface area contributed by atoms with Crippen molar-refractivity contribution in [2.24, 2.45) is 0 Å². The zero-order valence-corrected chi connectivity index (χ0v) is 16.8. The maximum atomic E-state index is 5.27. The first-order chi connectivity index (χ1) is 13.2. The van der Waals surface area contributed by atoms with Crippen LogP contribution in [0.4, 0.5) is 0 Å². The lowest BCUT2D eigenvalue weighted by molar-refractivity contribution is 0.415. The lowest BCUT2D eigenvalue weighted by Gasteiger charge is -2.12. The highest BCUT2D eigenvalue weighted by atomic mass is 16.5. The zero-order chi connectivity index (χ0) is 19.1. The molecule has 3 aromatic carbocycles. The second-order valence-corrected chi connectivity index (χ2v) is 7.11. The average Bonchev–Trinajstić information content (AvgIpc) is 2.74. The topological polar surface area (TPSA) is 9.23 Å². The summed E-state index contributed by atoms with van der Waals surface area (Å²) in [5.74, 6) is 0.894. The molecule has 0 amide bonds. The molecular formula is C26H30O. The highest BCUT2D eigenvalue weighted by Crippen LogP contribution is 2.30. The van der Waals surface area contributed by atoms with Gasteiger partial charge in [-0.1, -0.05) is 81.3 Å². The number of aryl methyl sites for hydroxylation is 2. The lowest BCUT2D eigenvalue weighted by Crippen LogP contribution is -1.91. The lowest BCUT2D eigenvalue weighted by atomic mass is 9.93. The fourth-order valence-corrected chi connectivity index (χ4v) is 3.56. The van der Waals surface area contributed by atoms with Crippen LogP contribution >= 0.6 is 0 Å². The van der Waals surface area contributed by atoms with Crippen molar-refractivity contribution in [3.05, 3.63) is 77.9 Å². The number of benzene rings is 3. The molecule has 0 spiro atoms. The van der Waals surface area contributed by atoms with Gasteiger partial charge in [0.2, 0.25) is 0 Å². The van der Waals surface area contributed by atoms with Crippen molar-refractivity contribution in [2.75, 3.05) is 7.11 Å². The second kappa shape index (κ2) is 9.41. The quantitative estimate of drug-likeness (QED) is 0.383. The van der Waals surface area contributed by atoms with Crippen molar-refractivity contribution >= 4 is 0 Å². The minimum Gasteiger partial charge on any atom is -0.497 e. The number of hydrogen-bond acceptors (Lipinski definition) is 1. The molecule has 0 aliphatic carbocycles. The van der Waals surface area contributed by atoms with Crippen molar-refractivity contribution in [3.63, 3.8) is 0 Å². The summed E-state index contributed by atoms with van der Waals surface area (Å²) in [6.45, 7) is 4.49. The Morgan fingerprint density at radius 3 is 2.00 bits per heavy atom. The van der Waals surface area contributed by atoms with Crippen LogP contribution in [0.5, 0.6) is 5.75 Å². The summed E-state index contributed by atoms with van der Waals surface area (Å²) in [5, 5.41) is 0. The first-order valence-corrected chi connectivity index (χ1v) is 10.1. The molecule has 0 saturated heterocycles. The molecule has 0 heterocycles. The summed E-state index contributed by atoms with van der Waals surface area (Å²) >= 11 is 0. The van der Waals surface area contributed by atoms with Gasteiger partial charge in [0, 0.05) is 0 Å². The zero-order valence-electron chi connectivity index (χ0n) is 16.8. The Kier molecular flexibility index (Phi) is 6.70. The maximum absolute atomic E-state index is 5.27. The van der Waals surface area contributed by atoms with Gasteiger partial charge in [-0.15, -0.1) is 0 Å². The van der Waals surface area contributed by atoms with Gasteiger partial charge in [0.25, 0.3) is 0 Å². The first-order valence-electron chi connectivity index (χ1n) is 10.1. The van der Waals surface area contributed by atoms with E-state index < -0.39 is 0 Å². The summed E-state index contributed by atoms with van der Waals surface area (Å²) in [4.78, 5) is 0. The minimum atomic E-state index is 0.894. The highest BCUT2D eigenvalue weighted by molar-refractivity contribution is 5.74. The van der Waals surface area contributed by atoms with E-state index >= 15 is 0 Å². The van der Waals surface area contributed by atoms with Crippen molar-refractivity contribution in [3.8, 4) is 28.0 Å². The molecule has 0 saturated carbocycles. The van der Waals surface area contributed by atoms with Gasteiger partial charge in [0.05, 0.1) is 7.11 Å². The van der Waals surface area contributed by atoms with E-state index in [9.17, 15) is 0 Å². The minimum absolute atomic E-state index is 0.894. The Morgan fingerprint density at radius 1 is 0.704 bits per heavy atom. The third-order valence-electron chi connectivity index (χ3n) is 5.24. The van der Waals surface area contributed by atoms with E-state index in [0.29, 0.717) is 0 Å². The molecule has 0 unspecified atom stereocenters. The Hall–Kier alpha value is -2.54. The first kappa shape index (κ1) is 19.2. The fourth-order valence-electron chi connectivity index (χ4n) is 3.56. The van der Waals surface area contributed by atoms with Crippen LogP contribution < -0.4 is 4.74 Å². The highest BCUT2D eigenvalue weighted by Gasteiger charge is 2.07. The van der Waals surface area contributed by atoms with Gasteiger partial charge in [-0.2, -0.15) is 0 Å². The van der Waals surface area contributed by atoms with E-state index in [2.05, 4.69) is 68.4 Å². The number of ether oxygens (including phenoxy) is 1. The molecule has 3 rings (SSSR count). The summed E-state index contributed by atoms with van der Waals surface area (Å²) in [7, 11) is 1.70. The Balaban J connectivity index is 1.83. The van der Waals surface area contributed by atoms with Crippen LogP contribution in [0.3, 0.4) is 0 Å². The van der Waals surface area contributed by atoms with Crippen LogP contribution in [0.2, 0.25) is 0 Å². The molecule has 0 atom stereocenters. The molecule has 0 aliphatic rings. The summed E-state index contributed by atoms with van der Waals surface area (Å²) in [6.07, 6.45) is 6.09. The molecule has 27 heavy (non-hydrogen) atoms. The maximum Gasteiger partial charge on any atom is 0.118 e. The van der Waals surface area contributed by atoms with E-state index in [1.165, 1.54) is 59.1 Å². The number of methoxy groups -OCH3 is 1. The van der Waals surface area contributed by atoms with Gasteiger partial charge in [-0.25, -0.2) is 0 Å². The number of unbranched alkanes of at least 4 members (excludes halogenated alkanes) is 2.